The van der Waals surface area contributed by atoms with Crippen LogP contribution in [0.5, 0.6) is 5.75 Å². The molecule has 0 spiro atoms. The number of carbonyl (C=O) groups is 1. The number of aromatic nitrogens is 2. The summed E-state index contributed by atoms with van der Waals surface area (Å²) in [7, 11) is -3.46. The average molecular weight is 493 g/mol. The maximum Gasteiger partial charge on any atom is 0.306 e. The first-order valence-corrected chi connectivity index (χ1v) is 13.2. The Morgan fingerprint density at radius 2 is 1.76 bits per heavy atom. The Morgan fingerprint density at radius 1 is 1.12 bits per heavy atom. The number of carboxylic acids is 1. The fourth-order valence-corrected chi connectivity index (χ4v) is 5.74. The molecule has 11 heteroatoms. The molecule has 0 radical (unpaired) electrons. The summed E-state index contributed by atoms with van der Waals surface area (Å²) in [6.07, 6.45) is 5.87. The molecule has 9 nitrogen and oxygen atoms in total. The van der Waals surface area contributed by atoms with E-state index < -0.39 is 33.8 Å². The minimum Gasteiger partial charge on any atom is -0.493 e. The van der Waals surface area contributed by atoms with E-state index in [-0.39, 0.29) is 13.0 Å². The van der Waals surface area contributed by atoms with Crippen LogP contribution in [0.1, 0.15) is 37.3 Å². The van der Waals surface area contributed by atoms with Gasteiger partial charge in [-0.1, -0.05) is 12.1 Å². The maximum atomic E-state index is 13.0. The van der Waals surface area contributed by atoms with Crippen LogP contribution in [0.3, 0.4) is 0 Å². The Bertz CT molecular complexity index is 1090. The molecule has 0 bridgehead atoms. The van der Waals surface area contributed by atoms with Crippen LogP contribution >= 0.6 is 0 Å². The van der Waals surface area contributed by atoms with Gasteiger partial charge in [0.1, 0.15) is 5.75 Å². The first-order chi connectivity index (χ1) is 16.2. The zero-order valence-corrected chi connectivity index (χ0v) is 19.8. The number of ether oxygens (including phenoxy) is 1. The van der Waals surface area contributed by atoms with Gasteiger partial charge in [0.2, 0.25) is 16.0 Å². The zero-order chi connectivity index (χ0) is 24.3. The number of rotatable bonds is 7. The van der Waals surface area contributed by atoms with Crippen LogP contribution < -0.4 is 9.64 Å². The molecule has 2 aromatic rings. The molecule has 0 amide bonds. The number of carboxylic acid groups (broad SMARTS) is 1. The van der Waals surface area contributed by atoms with E-state index >= 15 is 0 Å². The third-order valence-corrected chi connectivity index (χ3v) is 7.87. The number of nitrogens with zero attached hydrogens (tertiary/aromatic N) is 4. The molecular weight excluding hydrogens is 463 g/mol. The predicted molar refractivity (Wildman–Crippen MR) is 124 cm³/mol. The Hall–Kier alpha value is -2.79. The molecule has 0 aliphatic carbocycles. The molecule has 1 aromatic heterocycles. The van der Waals surface area contributed by atoms with Crippen molar-refractivity contribution in [3.05, 3.63) is 48.0 Å². The van der Waals surface area contributed by atoms with E-state index in [1.54, 1.807) is 0 Å². The van der Waals surface area contributed by atoms with Gasteiger partial charge in [0.15, 0.2) is 5.82 Å². The standard InChI is InChI=1S/C23H29FN4O5S/c1-34(31,32)28-11-8-18(22(29)30)12-21(28)17-2-4-20(5-3-17)33-15-16-6-9-27(10-7-16)23-25-13-19(24)14-26-23/h2-5,13-14,16,18,21H,6-12,15H2,1H3,(H,29,30). The Kier molecular flexibility index (Phi) is 7.32. The highest BCUT2D eigenvalue weighted by Crippen LogP contribution is 2.36. The first kappa shape index (κ1) is 24.3. The minimum absolute atomic E-state index is 0.195. The van der Waals surface area contributed by atoms with E-state index in [0.29, 0.717) is 30.6 Å². The number of sulfonamides is 1. The summed E-state index contributed by atoms with van der Waals surface area (Å²) in [5.74, 6) is -0.323. The van der Waals surface area contributed by atoms with Crippen molar-refractivity contribution in [2.75, 3.05) is 37.4 Å². The van der Waals surface area contributed by atoms with Gasteiger partial charge in [0, 0.05) is 19.6 Å². The van der Waals surface area contributed by atoms with Gasteiger partial charge in [-0.3, -0.25) is 4.79 Å². The van der Waals surface area contributed by atoms with Crippen molar-refractivity contribution in [2.24, 2.45) is 11.8 Å². The van der Waals surface area contributed by atoms with Crippen molar-refractivity contribution in [1.29, 1.82) is 0 Å². The van der Waals surface area contributed by atoms with Crippen LogP contribution in [0.2, 0.25) is 0 Å². The largest absolute Gasteiger partial charge is 0.493 e. The lowest BCUT2D eigenvalue weighted by molar-refractivity contribution is -0.143. The van der Waals surface area contributed by atoms with Crippen molar-refractivity contribution in [1.82, 2.24) is 14.3 Å². The number of hydrogen-bond donors (Lipinski definition) is 1. The highest BCUT2D eigenvalue weighted by Gasteiger charge is 2.37. The van der Waals surface area contributed by atoms with Crippen molar-refractivity contribution in [2.45, 2.75) is 31.7 Å². The monoisotopic (exact) mass is 492 g/mol. The minimum atomic E-state index is -3.46. The average Bonchev–Trinajstić information content (AvgIpc) is 2.83. The predicted octanol–water partition coefficient (Wildman–Crippen LogP) is 2.71. The van der Waals surface area contributed by atoms with E-state index in [1.165, 1.54) is 16.7 Å². The van der Waals surface area contributed by atoms with Gasteiger partial charge in [-0.2, -0.15) is 4.31 Å². The number of halogens is 1. The summed E-state index contributed by atoms with van der Waals surface area (Å²) in [5.41, 5.74) is 0.760. The third kappa shape index (κ3) is 5.82. The highest BCUT2D eigenvalue weighted by atomic mass is 32.2. The van der Waals surface area contributed by atoms with E-state index in [4.69, 9.17) is 4.74 Å². The normalized spacial score (nSPS) is 22.5. The molecule has 2 unspecified atom stereocenters. The van der Waals surface area contributed by atoms with Crippen molar-refractivity contribution >= 4 is 21.9 Å². The molecule has 1 N–H and O–H groups in total. The Morgan fingerprint density at radius 3 is 2.35 bits per heavy atom. The molecule has 2 saturated heterocycles. The topological polar surface area (TPSA) is 113 Å². The summed E-state index contributed by atoms with van der Waals surface area (Å²) in [5, 5.41) is 9.41. The molecule has 34 heavy (non-hydrogen) atoms. The van der Waals surface area contributed by atoms with Gasteiger partial charge in [-0.15, -0.1) is 0 Å². The second kappa shape index (κ2) is 10.2. The molecule has 2 atom stereocenters. The smallest absolute Gasteiger partial charge is 0.306 e. The molecule has 0 saturated carbocycles. The Labute approximate surface area is 198 Å². The fraction of sp³-hybridized carbons (Fsp3) is 0.522. The van der Waals surface area contributed by atoms with E-state index in [1.807, 2.05) is 29.2 Å². The third-order valence-electron chi connectivity index (χ3n) is 6.58. The molecule has 2 fully saturated rings. The van der Waals surface area contributed by atoms with Crippen LogP contribution in [-0.2, 0) is 14.8 Å². The van der Waals surface area contributed by atoms with Crippen molar-refractivity contribution < 1.29 is 27.4 Å². The number of aliphatic carboxylic acids is 1. The van der Waals surface area contributed by atoms with Gasteiger partial charge in [0.25, 0.3) is 0 Å². The van der Waals surface area contributed by atoms with Gasteiger partial charge >= 0.3 is 5.97 Å². The van der Waals surface area contributed by atoms with Gasteiger partial charge in [0.05, 0.1) is 37.2 Å². The van der Waals surface area contributed by atoms with E-state index in [2.05, 4.69) is 9.97 Å². The lowest BCUT2D eigenvalue weighted by Gasteiger charge is -2.36. The van der Waals surface area contributed by atoms with E-state index in [9.17, 15) is 22.7 Å². The molecular formula is C23H29FN4O5S. The summed E-state index contributed by atoms with van der Waals surface area (Å²) in [6, 6.07) is 6.74. The zero-order valence-electron chi connectivity index (χ0n) is 19.0. The second-order valence-corrected chi connectivity index (χ2v) is 10.9. The van der Waals surface area contributed by atoms with Crippen LogP contribution in [-0.4, -0.2) is 66.3 Å². The molecule has 1 aromatic carbocycles. The van der Waals surface area contributed by atoms with Gasteiger partial charge in [-0.25, -0.2) is 22.8 Å². The van der Waals surface area contributed by atoms with Gasteiger partial charge in [-0.05, 0) is 49.3 Å². The summed E-state index contributed by atoms with van der Waals surface area (Å²) in [4.78, 5) is 21.6. The summed E-state index contributed by atoms with van der Waals surface area (Å²) < 4.78 is 44.9. The SMILES string of the molecule is CS(=O)(=O)N1CCC(C(=O)O)CC1c1ccc(OCC2CCN(c3ncc(F)cn3)CC2)cc1. The van der Waals surface area contributed by atoms with Gasteiger partial charge < -0.3 is 14.7 Å². The molecule has 2 aliphatic rings. The molecule has 184 valence electrons. The van der Waals surface area contributed by atoms with Crippen LogP contribution in [0.15, 0.2) is 36.7 Å². The fourth-order valence-electron chi connectivity index (χ4n) is 4.64. The number of anilines is 1. The van der Waals surface area contributed by atoms with Crippen molar-refractivity contribution in [3.8, 4) is 5.75 Å². The molecule has 3 heterocycles. The lowest BCUT2D eigenvalue weighted by atomic mass is 9.89. The van der Waals surface area contributed by atoms with Crippen molar-refractivity contribution in [3.63, 3.8) is 0 Å². The highest BCUT2D eigenvalue weighted by molar-refractivity contribution is 7.88. The first-order valence-electron chi connectivity index (χ1n) is 11.4. The van der Waals surface area contributed by atoms with Crippen LogP contribution in [0, 0.1) is 17.7 Å². The number of hydrogen-bond acceptors (Lipinski definition) is 7. The maximum absolute atomic E-state index is 13.0. The summed E-state index contributed by atoms with van der Waals surface area (Å²) >= 11 is 0. The lowest BCUT2D eigenvalue weighted by Crippen LogP contribution is -2.42. The van der Waals surface area contributed by atoms with Crippen LogP contribution in [0.25, 0.3) is 0 Å². The molecule has 4 rings (SSSR count). The number of benzene rings is 1. The second-order valence-electron chi connectivity index (χ2n) is 8.96. The number of piperidine rings is 2. The Balaban J connectivity index is 1.32. The molecule has 2 aliphatic heterocycles. The van der Waals surface area contributed by atoms with E-state index in [0.717, 1.165) is 37.8 Å². The summed E-state index contributed by atoms with van der Waals surface area (Å²) in [6.45, 7) is 2.29. The van der Waals surface area contributed by atoms with Crippen LogP contribution in [0.4, 0.5) is 10.3 Å². The quantitative estimate of drug-likeness (QED) is 0.628.